The zero-order chi connectivity index (χ0) is 21.8. The molecule has 4 rings (SSSR count). The van der Waals surface area contributed by atoms with Crippen molar-refractivity contribution in [1.29, 1.82) is 0 Å². The highest BCUT2D eigenvalue weighted by atomic mass is 79.9. The molecule has 0 radical (unpaired) electrons. The third-order valence-corrected chi connectivity index (χ3v) is 5.37. The molecule has 2 aromatic heterocycles. The number of hydrogen-bond donors (Lipinski definition) is 1. The largest absolute Gasteiger partial charge is 0.382 e. The van der Waals surface area contributed by atoms with Gasteiger partial charge in [-0.1, -0.05) is 28.1 Å². The molecule has 2 aromatic carbocycles. The van der Waals surface area contributed by atoms with E-state index in [1.54, 1.807) is 12.1 Å². The first kappa shape index (κ1) is 21.2. The van der Waals surface area contributed by atoms with Crippen LogP contribution in [0.1, 0.15) is 13.3 Å². The number of rotatable bonds is 8. The van der Waals surface area contributed by atoms with Crippen LogP contribution in [0.4, 0.5) is 5.95 Å². The molecule has 2 heterocycles. The number of hydrogen-bond acceptors (Lipinski definition) is 5. The molecule has 8 nitrogen and oxygen atoms in total. The van der Waals surface area contributed by atoms with Crippen LogP contribution in [0, 0.1) is 0 Å². The Morgan fingerprint density at radius 2 is 2.03 bits per heavy atom. The lowest BCUT2D eigenvalue weighted by Gasteiger charge is -2.11. The lowest BCUT2D eigenvalue weighted by Crippen LogP contribution is -2.28. The number of para-hydroxylation sites is 2. The number of amides is 1. The molecule has 160 valence electrons. The van der Waals surface area contributed by atoms with Crippen LogP contribution in [0.3, 0.4) is 0 Å². The van der Waals surface area contributed by atoms with Gasteiger partial charge in [0.2, 0.25) is 11.9 Å². The van der Waals surface area contributed by atoms with Gasteiger partial charge in [0.15, 0.2) is 0 Å². The van der Waals surface area contributed by atoms with Gasteiger partial charge in [-0.25, -0.2) is 9.97 Å². The first-order valence-electron chi connectivity index (χ1n) is 10.0. The lowest BCUT2D eigenvalue weighted by atomic mass is 10.2. The lowest BCUT2D eigenvalue weighted by molar-refractivity contribution is -0.116. The summed E-state index contributed by atoms with van der Waals surface area (Å²) in [5.41, 5.74) is 2.04. The Hall–Kier alpha value is -3.04. The van der Waals surface area contributed by atoms with Crippen molar-refractivity contribution in [2.24, 2.45) is 0 Å². The van der Waals surface area contributed by atoms with Gasteiger partial charge in [-0.15, -0.1) is 0 Å². The van der Waals surface area contributed by atoms with E-state index in [2.05, 4.69) is 31.2 Å². The number of aromatic nitrogens is 4. The second-order valence-electron chi connectivity index (χ2n) is 7.01. The standard InChI is InChI=1S/C22H22BrN5O3/c1-2-31-11-5-10-28-19-7-4-3-6-18(19)25-22(28)26-20(29)13-27-14-24-17-9-8-15(23)12-16(17)21(27)30/h3-4,6-9,12,14H,2,5,10-11,13H2,1H3,(H,25,26,29). The molecule has 0 bridgehead atoms. The Bertz CT molecular complexity index is 1300. The summed E-state index contributed by atoms with van der Waals surface area (Å²) in [4.78, 5) is 34.4. The summed E-state index contributed by atoms with van der Waals surface area (Å²) in [5, 5.41) is 3.30. The number of imidazole rings is 1. The van der Waals surface area contributed by atoms with Crippen molar-refractivity contribution in [2.75, 3.05) is 18.5 Å². The third-order valence-electron chi connectivity index (χ3n) is 4.88. The predicted octanol–water partition coefficient (Wildman–Crippen LogP) is 3.57. The second-order valence-corrected chi connectivity index (χ2v) is 7.93. The highest BCUT2D eigenvalue weighted by molar-refractivity contribution is 9.10. The highest BCUT2D eigenvalue weighted by Gasteiger charge is 2.14. The van der Waals surface area contributed by atoms with E-state index < -0.39 is 0 Å². The first-order chi connectivity index (χ1) is 15.1. The first-order valence-corrected chi connectivity index (χ1v) is 10.8. The molecule has 1 N–H and O–H groups in total. The Balaban J connectivity index is 1.56. The molecule has 1 amide bonds. The minimum absolute atomic E-state index is 0.156. The fraction of sp³-hybridized carbons (Fsp3) is 0.273. The van der Waals surface area contributed by atoms with Gasteiger partial charge < -0.3 is 9.30 Å². The minimum atomic E-state index is -0.348. The zero-order valence-corrected chi connectivity index (χ0v) is 18.6. The third kappa shape index (κ3) is 4.67. The number of halogens is 1. The van der Waals surface area contributed by atoms with E-state index >= 15 is 0 Å². The normalized spacial score (nSPS) is 11.3. The van der Waals surface area contributed by atoms with Crippen LogP contribution in [0.25, 0.3) is 21.9 Å². The molecule has 0 unspecified atom stereocenters. The van der Waals surface area contributed by atoms with Crippen molar-refractivity contribution in [3.8, 4) is 0 Å². The van der Waals surface area contributed by atoms with Crippen LogP contribution in [0.2, 0.25) is 0 Å². The van der Waals surface area contributed by atoms with Crippen molar-refractivity contribution < 1.29 is 9.53 Å². The van der Waals surface area contributed by atoms with Gasteiger partial charge in [0.05, 0.1) is 28.3 Å². The van der Waals surface area contributed by atoms with Crippen LogP contribution >= 0.6 is 15.9 Å². The Morgan fingerprint density at radius 3 is 2.87 bits per heavy atom. The van der Waals surface area contributed by atoms with Crippen LogP contribution in [-0.2, 0) is 22.6 Å². The maximum absolute atomic E-state index is 12.8. The van der Waals surface area contributed by atoms with Crippen molar-refractivity contribution in [1.82, 2.24) is 19.1 Å². The van der Waals surface area contributed by atoms with E-state index in [0.717, 1.165) is 21.9 Å². The fourth-order valence-electron chi connectivity index (χ4n) is 3.43. The quantitative estimate of drug-likeness (QED) is 0.386. The predicted molar refractivity (Wildman–Crippen MR) is 123 cm³/mol. The average Bonchev–Trinajstić information content (AvgIpc) is 3.10. The van der Waals surface area contributed by atoms with Gasteiger partial charge in [-0.05, 0) is 43.7 Å². The molecule has 31 heavy (non-hydrogen) atoms. The Morgan fingerprint density at radius 1 is 1.19 bits per heavy atom. The Kier molecular flexibility index (Phi) is 6.43. The topological polar surface area (TPSA) is 91.0 Å². The van der Waals surface area contributed by atoms with E-state index in [0.29, 0.717) is 36.6 Å². The van der Waals surface area contributed by atoms with Crippen LogP contribution in [0.15, 0.2) is 58.1 Å². The van der Waals surface area contributed by atoms with Crippen molar-refractivity contribution in [3.05, 3.63) is 63.6 Å². The number of benzene rings is 2. The van der Waals surface area contributed by atoms with E-state index in [1.807, 2.05) is 41.8 Å². The summed E-state index contributed by atoms with van der Waals surface area (Å²) in [6, 6.07) is 13.0. The van der Waals surface area contributed by atoms with Crippen molar-refractivity contribution >= 4 is 49.7 Å². The fourth-order valence-corrected chi connectivity index (χ4v) is 3.79. The van der Waals surface area contributed by atoms with Crippen LogP contribution in [0.5, 0.6) is 0 Å². The minimum Gasteiger partial charge on any atom is -0.382 e. The molecule has 0 saturated carbocycles. The number of ether oxygens (including phenoxy) is 1. The van der Waals surface area contributed by atoms with Gasteiger partial charge in [0.1, 0.15) is 6.54 Å². The average molecular weight is 484 g/mol. The SMILES string of the molecule is CCOCCCn1c(NC(=O)Cn2cnc3ccc(Br)cc3c2=O)nc2ccccc21. The summed E-state index contributed by atoms with van der Waals surface area (Å²) >= 11 is 3.37. The van der Waals surface area contributed by atoms with E-state index in [4.69, 9.17) is 4.74 Å². The van der Waals surface area contributed by atoms with Crippen molar-refractivity contribution in [3.63, 3.8) is 0 Å². The number of nitrogens with zero attached hydrogens (tertiary/aromatic N) is 4. The molecule has 4 aromatic rings. The summed E-state index contributed by atoms with van der Waals surface area (Å²) in [6.45, 7) is 3.75. The van der Waals surface area contributed by atoms with E-state index in [1.165, 1.54) is 10.9 Å². The maximum atomic E-state index is 12.8. The monoisotopic (exact) mass is 483 g/mol. The number of nitrogens with one attached hydrogen (secondary N) is 1. The number of carbonyl (C=O) groups is 1. The number of aryl methyl sites for hydroxylation is 1. The van der Waals surface area contributed by atoms with E-state index in [-0.39, 0.29) is 18.0 Å². The Labute approximate surface area is 187 Å². The van der Waals surface area contributed by atoms with E-state index in [9.17, 15) is 9.59 Å². The highest BCUT2D eigenvalue weighted by Crippen LogP contribution is 2.20. The molecule has 0 aliphatic carbocycles. The summed E-state index contributed by atoms with van der Waals surface area (Å²) in [5.74, 6) is 0.104. The number of fused-ring (bicyclic) bond motifs is 2. The molecule has 0 fully saturated rings. The molecule has 0 spiro atoms. The van der Waals surface area contributed by atoms with Crippen LogP contribution in [-0.4, -0.2) is 38.2 Å². The molecular weight excluding hydrogens is 462 g/mol. The van der Waals surface area contributed by atoms with Gasteiger partial charge in [0, 0.05) is 24.2 Å². The molecule has 0 saturated heterocycles. The van der Waals surface area contributed by atoms with Gasteiger partial charge in [-0.2, -0.15) is 0 Å². The molecule has 0 aliphatic rings. The summed E-state index contributed by atoms with van der Waals surface area (Å²) in [7, 11) is 0. The van der Waals surface area contributed by atoms with Crippen LogP contribution < -0.4 is 10.9 Å². The zero-order valence-electron chi connectivity index (χ0n) is 17.0. The molecule has 0 aliphatic heterocycles. The molecule has 0 atom stereocenters. The smallest absolute Gasteiger partial charge is 0.261 e. The van der Waals surface area contributed by atoms with Crippen molar-refractivity contribution in [2.45, 2.75) is 26.4 Å². The maximum Gasteiger partial charge on any atom is 0.261 e. The second kappa shape index (κ2) is 9.40. The number of carbonyl (C=O) groups excluding carboxylic acids is 1. The molecule has 9 heteroatoms. The van der Waals surface area contributed by atoms with Gasteiger partial charge in [0.25, 0.3) is 5.56 Å². The van der Waals surface area contributed by atoms with Gasteiger partial charge >= 0.3 is 0 Å². The number of anilines is 1. The molecular formula is C22H22BrN5O3. The van der Waals surface area contributed by atoms with Gasteiger partial charge in [-0.3, -0.25) is 19.5 Å². The summed E-state index contributed by atoms with van der Waals surface area (Å²) < 4.78 is 9.47. The summed E-state index contributed by atoms with van der Waals surface area (Å²) in [6.07, 6.45) is 2.18.